The first kappa shape index (κ1) is 23.7. The molecule has 1 unspecified atom stereocenters. The lowest BCUT2D eigenvalue weighted by molar-refractivity contribution is -0.122. The monoisotopic (exact) mass is 429 g/mol. The number of hydrogen-bond acceptors (Lipinski definition) is 7. The number of aryl methyl sites for hydroxylation is 1. The molecular formula is C22H24FN3O5. The first-order valence-electron chi connectivity index (χ1n) is 9.64. The molecule has 1 atom stereocenters. The van der Waals surface area contributed by atoms with Crippen molar-refractivity contribution in [1.82, 2.24) is 10.2 Å². The molecule has 0 amide bonds. The highest BCUT2D eigenvalue weighted by atomic mass is 19.1. The van der Waals surface area contributed by atoms with Gasteiger partial charge in [0, 0.05) is 5.56 Å². The van der Waals surface area contributed by atoms with Crippen LogP contribution in [0.3, 0.4) is 0 Å². The van der Waals surface area contributed by atoms with Crippen LogP contribution in [0.2, 0.25) is 0 Å². The molecular weight excluding hydrogens is 405 g/mol. The molecule has 2 N–H and O–H groups in total. The molecule has 0 saturated carbocycles. The number of aliphatic hydroxyl groups is 1. The quantitative estimate of drug-likeness (QED) is 0.414. The number of carboxylic acid groups (broad SMARTS) is 1. The molecule has 0 bridgehead atoms. The zero-order valence-corrected chi connectivity index (χ0v) is 17.2. The van der Waals surface area contributed by atoms with Crippen molar-refractivity contribution in [3.05, 3.63) is 65.8 Å². The van der Waals surface area contributed by atoms with Crippen LogP contribution in [0.1, 0.15) is 31.7 Å². The normalized spacial score (nSPS) is 11.9. The van der Waals surface area contributed by atoms with Crippen molar-refractivity contribution in [1.29, 1.82) is 0 Å². The van der Waals surface area contributed by atoms with Crippen LogP contribution in [0.5, 0.6) is 5.75 Å². The Morgan fingerprint density at radius 2 is 1.94 bits per heavy atom. The van der Waals surface area contributed by atoms with Crippen LogP contribution < -0.4 is 4.74 Å². The van der Waals surface area contributed by atoms with Crippen molar-refractivity contribution >= 4 is 12.2 Å². The van der Waals surface area contributed by atoms with E-state index in [1.54, 1.807) is 12.1 Å². The van der Waals surface area contributed by atoms with E-state index in [4.69, 9.17) is 19.1 Å². The molecule has 1 aromatic heterocycles. The number of halogens is 1. The fraction of sp³-hybridized carbons (Fsp3) is 0.273. The Kier molecular flexibility index (Phi) is 9.31. The highest BCUT2D eigenvalue weighted by molar-refractivity contribution is 5.98. The summed E-state index contributed by atoms with van der Waals surface area (Å²) in [4.78, 5) is 12.6. The summed E-state index contributed by atoms with van der Waals surface area (Å²) in [5, 5.41) is 24.8. The SMILES string of the molecule is CCc1cccc(OC/C(=N\C(O)CC)c2nnc(-c3ccc(F)cc3)o2)c1.O=CO. The fourth-order valence-corrected chi connectivity index (χ4v) is 2.48. The van der Waals surface area contributed by atoms with Crippen LogP contribution in [-0.2, 0) is 11.2 Å². The summed E-state index contributed by atoms with van der Waals surface area (Å²) >= 11 is 0. The van der Waals surface area contributed by atoms with E-state index in [2.05, 4.69) is 22.1 Å². The van der Waals surface area contributed by atoms with E-state index < -0.39 is 6.23 Å². The third-order valence-corrected chi connectivity index (χ3v) is 4.12. The molecule has 1 heterocycles. The largest absolute Gasteiger partial charge is 0.487 e. The van der Waals surface area contributed by atoms with E-state index in [1.807, 2.05) is 31.2 Å². The van der Waals surface area contributed by atoms with Gasteiger partial charge in [-0.25, -0.2) is 9.38 Å². The lowest BCUT2D eigenvalue weighted by atomic mass is 10.2. The van der Waals surface area contributed by atoms with Crippen LogP contribution in [0.25, 0.3) is 11.5 Å². The average Bonchev–Trinajstić information content (AvgIpc) is 3.27. The molecule has 3 rings (SSSR count). The molecule has 0 radical (unpaired) electrons. The Labute approximate surface area is 179 Å². The van der Waals surface area contributed by atoms with Gasteiger partial charge >= 0.3 is 0 Å². The van der Waals surface area contributed by atoms with Gasteiger partial charge in [-0.1, -0.05) is 26.0 Å². The first-order valence-corrected chi connectivity index (χ1v) is 9.64. The number of benzene rings is 2. The Hall–Kier alpha value is -3.59. The Morgan fingerprint density at radius 1 is 1.23 bits per heavy atom. The maximum Gasteiger partial charge on any atom is 0.290 e. The minimum Gasteiger partial charge on any atom is -0.487 e. The minimum atomic E-state index is -0.901. The minimum absolute atomic E-state index is 0.0648. The van der Waals surface area contributed by atoms with Crippen molar-refractivity contribution in [2.75, 3.05) is 6.61 Å². The van der Waals surface area contributed by atoms with Gasteiger partial charge in [0.15, 0.2) is 0 Å². The van der Waals surface area contributed by atoms with E-state index in [0.29, 0.717) is 23.4 Å². The summed E-state index contributed by atoms with van der Waals surface area (Å²) in [6.45, 7) is 3.70. The predicted molar refractivity (Wildman–Crippen MR) is 113 cm³/mol. The van der Waals surface area contributed by atoms with Gasteiger partial charge < -0.3 is 19.4 Å². The molecule has 0 fully saturated rings. The van der Waals surface area contributed by atoms with Gasteiger partial charge in [0.05, 0.1) is 0 Å². The first-order chi connectivity index (χ1) is 15.0. The number of nitrogens with zero attached hydrogens (tertiary/aromatic N) is 3. The number of rotatable bonds is 8. The Bertz CT molecular complexity index is 989. The van der Waals surface area contributed by atoms with Crippen LogP contribution in [0.4, 0.5) is 4.39 Å². The van der Waals surface area contributed by atoms with Crippen molar-refractivity contribution in [3.63, 3.8) is 0 Å². The molecule has 9 heteroatoms. The van der Waals surface area contributed by atoms with Gasteiger partial charge in [-0.2, -0.15) is 0 Å². The Morgan fingerprint density at radius 3 is 2.58 bits per heavy atom. The van der Waals surface area contributed by atoms with Crippen LogP contribution >= 0.6 is 0 Å². The highest BCUT2D eigenvalue weighted by Crippen LogP contribution is 2.19. The standard InChI is InChI=1S/C21H22FN3O3.CH2O2/c1-3-14-6-5-7-17(12-14)27-13-18(23-19(26)4-2)21-25-24-20(28-21)15-8-10-16(22)11-9-15;2-1-3/h5-12,19,26H,3-4,13H2,1-2H3;1H,(H,2,3)/b23-18+;. The zero-order chi connectivity index (χ0) is 22.6. The van der Waals surface area contributed by atoms with Crippen molar-refractivity contribution in [3.8, 4) is 17.2 Å². The van der Waals surface area contributed by atoms with Gasteiger partial charge in [0.1, 0.15) is 30.1 Å². The molecule has 8 nitrogen and oxygen atoms in total. The van der Waals surface area contributed by atoms with E-state index in [1.165, 1.54) is 12.1 Å². The lowest BCUT2D eigenvalue weighted by Gasteiger charge is -2.09. The second-order valence-electron chi connectivity index (χ2n) is 6.28. The number of aliphatic hydroxyl groups excluding tert-OH is 1. The third kappa shape index (κ3) is 7.31. The van der Waals surface area contributed by atoms with E-state index in [9.17, 15) is 9.50 Å². The molecule has 2 aromatic carbocycles. The number of ether oxygens (including phenoxy) is 1. The predicted octanol–water partition coefficient (Wildman–Crippen LogP) is 3.74. The van der Waals surface area contributed by atoms with Gasteiger partial charge in [-0.15, -0.1) is 10.2 Å². The fourth-order valence-electron chi connectivity index (χ4n) is 2.48. The van der Waals surface area contributed by atoms with Crippen LogP contribution in [-0.4, -0.2) is 45.4 Å². The van der Waals surface area contributed by atoms with Crippen molar-refractivity contribution in [2.24, 2.45) is 4.99 Å². The lowest BCUT2D eigenvalue weighted by Crippen LogP contribution is -2.17. The highest BCUT2D eigenvalue weighted by Gasteiger charge is 2.17. The van der Waals surface area contributed by atoms with Gasteiger partial charge in [0.25, 0.3) is 12.4 Å². The Balaban J connectivity index is 0.00000107. The van der Waals surface area contributed by atoms with Crippen LogP contribution in [0, 0.1) is 5.82 Å². The van der Waals surface area contributed by atoms with Gasteiger partial charge in [-0.05, 0) is 54.8 Å². The summed E-state index contributed by atoms with van der Waals surface area (Å²) < 4.78 is 24.6. The van der Waals surface area contributed by atoms with Crippen LogP contribution in [0.15, 0.2) is 57.9 Å². The summed E-state index contributed by atoms with van der Waals surface area (Å²) in [6, 6.07) is 13.5. The van der Waals surface area contributed by atoms with E-state index in [-0.39, 0.29) is 30.7 Å². The summed E-state index contributed by atoms with van der Waals surface area (Å²) in [5.41, 5.74) is 2.09. The van der Waals surface area contributed by atoms with Crippen molar-refractivity contribution < 1.29 is 28.6 Å². The average molecular weight is 429 g/mol. The zero-order valence-electron chi connectivity index (χ0n) is 17.2. The van der Waals surface area contributed by atoms with E-state index >= 15 is 0 Å². The third-order valence-electron chi connectivity index (χ3n) is 4.12. The van der Waals surface area contributed by atoms with Gasteiger partial charge in [-0.3, -0.25) is 4.79 Å². The number of hydrogen-bond donors (Lipinski definition) is 2. The molecule has 31 heavy (non-hydrogen) atoms. The smallest absolute Gasteiger partial charge is 0.290 e. The second-order valence-corrected chi connectivity index (χ2v) is 6.28. The summed E-state index contributed by atoms with van der Waals surface area (Å²) in [5.74, 6) is 0.732. The molecule has 0 aliphatic carbocycles. The molecule has 3 aromatic rings. The number of aliphatic imine (C=N–C) groups is 1. The molecule has 0 saturated heterocycles. The van der Waals surface area contributed by atoms with Crippen molar-refractivity contribution in [2.45, 2.75) is 32.9 Å². The maximum absolute atomic E-state index is 13.1. The molecule has 0 aliphatic heterocycles. The molecule has 164 valence electrons. The second kappa shape index (κ2) is 12.2. The van der Waals surface area contributed by atoms with E-state index in [0.717, 1.165) is 12.0 Å². The topological polar surface area (TPSA) is 118 Å². The summed E-state index contributed by atoms with van der Waals surface area (Å²) in [6.07, 6.45) is 0.437. The number of aromatic nitrogens is 2. The maximum atomic E-state index is 13.1. The van der Waals surface area contributed by atoms with Gasteiger partial charge in [0.2, 0.25) is 5.89 Å². The molecule has 0 aliphatic rings. The number of carbonyl (C=O) groups is 1. The molecule has 0 spiro atoms. The summed E-state index contributed by atoms with van der Waals surface area (Å²) in [7, 11) is 0.